The molecule has 0 unspecified atom stereocenters. The van der Waals surface area contributed by atoms with Crippen molar-refractivity contribution >= 4 is 28.7 Å². The van der Waals surface area contributed by atoms with Crippen molar-refractivity contribution in [1.29, 1.82) is 0 Å². The molecule has 0 aromatic rings. The molecule has 2 aliphatic heterocycles. The Morgan fingerprint density at radius 1 is 1.25 bits per heavy atom. The Morgan fingerprint density at radius 2 is 2.08 bits per heavy atom. The molecule has 68 valence electrons. The van der Waals surface area contributed by atoms with Crippen molar-refractivity contribution in [3.05, 3.63) is 0 Å². The van der Waals surface area contributed by atoms with E-state index in [4.69, 9.17) is 0 Å². The Labute approximate surface area is 82.0 Å². The summed E-state index contributed by atoms with van der Waals surface area (Å²) in [5.41, 5.74) is 0. The number of rotatable bonds is 1. The Morgan fingerprint density at radius 3 is 2.75 bits per heavy atom. The molecule has 2 heterocycles. The fraction of sp³-hybridized carbons (Fsp3) is 0.875. The van der Waals surface area contributed by atoms with Crippen LogP contribution in [-0.2, 0) is 0 Å². The highest BCUT2D eigenvalue weighted by molar-refractivity contribution is 8.14. The molecule has 1 saturated heterocycles. The standard InChI is InChI=1S/C8H14N2S2/c1-4-11-5-2-7(1)10-8-9-3-6-12-8/h7H,1-6H2,(H,9,10). The van der Waals surface area contributed by atoms with Gasteiger partial charge in [-0.05, 0) is 24.3 Å². The first kappa shape index (κ1) is 8.75. The minimum absolute atomic E-state index is 0.704. The van der Waals surface area contributed by atoms with Gasteiger partial charge in [0.05, 0.1) is 6.54 Å². The van der Waals surface area contributed by atoms with Crippen molar-refractivity contribution in [3.8, 4) is 0 Å². The van der Waals surface area contributed by atoms with Gasteiger partial charge in [0.2, 0.25) is 0 Å². The number of hydrogen-bond acceptors (Lipinski definition) is 4. The molecule has 2 aliphatic rings. The highest BCUT2D eigenvalue weighted by atomic mass is 32.2. The lowest BCUT2D eigenvalue weighted by atomic mass is 10.2. The number of amidine groups is 1. The van der Waals surface area contributed by atoms with Crippen molar-refractivity contribution in [2.24, 2.45) is 4.99 Å². The fourth-order valence-electron chi connectivity index (χ4n) is 1.44. The topological polar surface area (TPSA) is 24.4 Å². The van der Waals surface area contributed by atoms with Crippen molar-refractivity contribution in [1.82, 2.24) is 5.32 Å². The Balaban J connectivity index is 1.77. The summed E-state index contributed by atoms with van der Waals surface area (Å²) < 4.78 is 0. The van der Waals surface area contributed by atoms with Crippen LogP contribution in [0.2, 0.25) is 0 Å². The highest BCUT2D eigenvalue weighted by Crippen LogP contribution is 2.19. The second-order valence-electron chi connectivity index (χ2n) is 3.07. The normalized spacial score (nSPS) is 25.5. The molecule has 4 heteroatoms. The molecule has 0 radical (unpaired) electrons. The summed E-state index contributed by atoms with van der Waals surface area (Å²) in [7, 11) is 0. The second-order valence-corrected chi connectivity index (χ2v) is 5.37. The molecular formula is C8H14N2S2. The number of nitrogens with zero attached hydrogens (tertiary/aromatic N) is 1. The molecule has 0 atom stereocenters. The molecule has 0 saturated carbocycles. The van der Waals surface area contributed by atoms with Gasteiger partial charge in [-0.25, -0.2) is 0 Å². The highest BCUT2D eigenvalue weighted by Gasteiger charge is 2.16. The van der Waals surface area contributed by atoms with Crippen LogP contribution in [0.4, 0.5) is 0 Å². The summed E-state index contributed by atoms with van der Waals surface area (Å²) in [4.78, 5) is 4.39. The van der Waals surface area contributed by atoms with E-state index in [-0.39, 0.29) is 0 Å². The average Bonchev–Trinajstić information content (AvgIpc) is 2.59. The summed E-state index contributed by atoms with van der Waals surface area (Å²) >= 11 is 3.94. The van der Waals surface area contributed by atoms with Gasteiger partial charge in [-0.2, -0.15) is 11.8 Å². The minimum Gasteiger partial charge on any atom is -0.362 e. The maximum Gasteiger partial charge on any atom is 0.156 e. The van der Waals surface area contributed by atoms with Crippen molar-refractivity contribution in [3.63, 3.8) is 0 Å². The summed E-state index contributed by atoms with van der Waals surface area (Å²) in [6, 6.07) is 0.704. The lowest BCUT2D eigenvalue weighted by Gasteiger charge is -2.22. The molecule has 0 spiro atoms. The summed E-state index contributed by atoms with van der Waals surface area (Å²) in [5.74, 6) is 3.80. The number of thioether (sulfide) groups is 2. The van der Waals surface area contributed by atoms with Gasteiger partial charge in [-0.15, -0.1) is 0 Å². The van der Waals surface area contributed by atoms with Gasteiger partial charge < -0.3 is 5.32 Å². The van der Waals surface area contributed by atoms with E-state index < -0.39 is 0 Å². The van der Waals surface area contributed by atoms with E-state index in [9.17, 15) is 0 Å². The van der Waals surface area contributed by atoms with Crippen molar-refractivity contribution in [2.75, 3.05) is 23.8 Å². The Hall–Kier alpha value is 0.170. The molecule has 0 aromatic carbocycles. The predicted octanol–water partition coefficient (Wildman–Crippen LogP) is 1.57. The Bertz CT molecular complexity index is 176. The number of nitrogens with one attached hydrogen (secondary N) is 1. The van der Waals surface area contributed by atoms with Crippen LogP contribution < -0.4 is 5.32 Å². The fourth-order valence-corrected chi connectivity index (χ4v) is 3.35. The van der Waals surface area contributed by atoms with Crippen LogP contribution >= 0.6 is 23.5 Å². The van der Waals surface area contributed by atoms with E-state index in [0.29, 0.717) is 6.04 Å². The molecule has 0 amide bonds. The zero-order chi connectivity index (χ0) is 8.23. The summed E-state index contributed by atoms with van der Waals surface area (Å²) in [6.07, 6.45) is 2.62. The zero-order valence-electron chi connectivity index (χ0n) is 7.08. The van der Waals surface area contributed by atoms with Crippen molar-refractivity contribution < 1.29 is 0 Å². The monoisotopic (exact) mass is 202 g/mol. The van der Waals surface area contributed by atoms with Gasteiger partial charge >= 0.3 is 0 Å². The molecule has 0 aliphatic carbocycles. The van der Waals surface area contributed by atoms with E-state index in [1.807, 2.05) is 11.8 Å². The lowest BCUT2D eigenvalue weighted by Crippen LogP contribution is -2.35. The van der Waals surface area contributed by atoms with Crippen molar-refractivity contribution in [2.45, 2.75) is 18.9 Å². The van der Waals surface area contributed by atoms with Gasteiger partial charge in [-0.3, -0.25) is 4.99 Å². The molecule has 0 aromatic heterocycles. The molecular weight excluding hydrogens is 188 g/mol. The van der Waals surface area contributed by atoms with Crippen LogP contribution in [0.15, 0.2) is 4.99 Å². The molecule has 2 nitrogen and oxygen atoms in total. The summed E-state index contributed by atoms with van der Waals surface area (Å²) in [5, 5.41) is 4.70. The first-order valence-electron chi connectivity index (χ1n) is 4.47. The van der Waals surface area contributed by atoms with Crippen LogP contribution in [0.3, 0.4) is 0 Å². The van der Waals surface area contributed by atoms with Crippen LogP contribution in [0.25, 0.3) is 0 Å². The quantitative estimate of drug-likeness (QED) is 0.698. The predicted molar refractivity (Wildman–Crippen MR) is 58.2 cm³/mol. The van der Waals surface area contributed by atoms with Gasteiger partial charge in [0, 0.05) is 11.8 Å². The van der Waals surface area contributed by atoms with Gasteiger partial charge in [-0.1, -0.05) is 11.8 Å². The van der Waals surface area contributed by atoms with E-state index in [1.54, 1.807) is 0 Å². The molecule has 2 rings (SSSR count). The number of aliphatic imine (C=N–C) groups is 1. The number of hydrogen-bond donors (Lipinski definition) is 1. The van der Waals surface area contributed by atoms with Gasteiger partial charge in [0.15, 0.2) is 5.17 Å². The second kappa shape index (κ2) is 4.42. The van der Waals surface area contributed by atoms with Gasteiger partial charge in [0.25, 0.3) is 0 Å². The minimum atomic E-state index is 0.704. The third kappa shape index (κ3) is 2.33. The Kier molecular flexibility index (Phi) is 3.22. The molecule has 1 N–H and O–H groups in total. The lowest BCUT2D eigenvalue weighted by molar-refractivity contribution is 0.570. The van der Waals surface area contributed by atoms with Crippen LogP contribution in [0, 0.1) is 0 Å². The van der Waals surface area contributed by atoms with E-state index >= 15 is 0 Å². The smallest absolute Gasteiger partial charge is 0.156 e. The third-order valence-electron chi connectivity index (χ3n) is 2.13. The van der Waals surface area contributed by atoms with Crippen LogP contribution in [0.5, 0.6) is 0 Å². The van der Waals surface area contributed by atoms with E-state index in [1.165, 1.54) is 35.3 Å². The van der Waals surface area contributed by atoms with Gasteiger partial charge in [0.1, 0.15) is 0 Å². The molecule has 12 heavy (non-hydrogen) atoms. The van der Waals surface area contributed by atoms with Crippen LogP contribution in [-0.4, -0.2) is 35.0 Å². The zero-order valence-corrected chi connectivity index (χ0v) is 8.72. The first-order chi connectivity index (χ1) is 5.95. The molecule has 0 bridgehead atoms. The van der Waals surface area contributed by atoms with E-state index in [0.717, 1.165) is 6.54 Å². The summed E-state index contributed by atoms with van der Waals surface area (Å²) in [6.45, 7) is 1.01. The molecule has 1 fully saturated rings. The van der Waals surface area contributed by atoms with Crippen LogP contribution in [0.1, 0.15) is 12.8 Å². The largest absolute Gasteiger partial charge is 0.362 e. The average molecular weight is 202 g/mol. The first-order valence-corrected chi connectivity index (χ1v) is 6.61. The van der Waals surface area contributed by atoms with E-state index in [2.05, 4.69) is 22.1 Å². The maximum atomic E-state index is 4.39. The third-order valence-corrected chi connectivity index (χ3v) is 4.09. The maximum absolute atomic E-state index is 4.39. The SMILES string of the molecule is C1CSC(NC2CCSCC2)=N1.